The number of aryl methyl sites for hydroxylation is 1. The lowest BCUT2D eigenvalue weighted by Crippen LogP contribution is -2.50. The molecule has 0 N–H and O–H groups in total. The zero-order valence-corrected chi connectivity index (χ0v) is 22.0. The van der Waals surface area contributed by atoms with Gasteiger partial charge >= 0.3 is 0 Å². The molecule has 0 saturated heterocycles. The molecule has 6 nitrogen and oxygen atoms in total. The lowest BCUT2D eigenvalue weighted by atomic mass is 9.88. The molecule has 2 fully saturated rings. The number of hydrogen-bond donors (Lipinski definition) is 0. The van der Waals surface area contributed by atoms with Gasteiger partial charge in [-0.15, -0.1) is 0 Å². The SMILES string of the molecule is COc1ccc(-c2nc3c(C)cccc3n2CC(=O)N(C2CCCCC2)C2CCCCC2)c(OC)c1. The van der Waals surface area contributed by atoms with E-state index >= 15 is 0 Å². The largest absolute Gasteiger partial charge is 0.497 e. The number of carbonyl (C=O) groups excluding carboxylic acids is 1. The summed E-state index contributed by atoms with van der Waals surface area (Å²) in [5.74, 6) is 2.40. The quantitative estimate of drug-likeness (QED) is 0.379. The maximum absolute atomic E-state index is 14.2. The number of imidazole rings is 1. The first kappa shape index (κ1) is 24.7. The van der Waals surface area contributed by atoms with Gasteiger partial charge in [-0.25, -0.2) is 4.98 Å². The van der Waals surface area contributed by atoms with Gasteiger partial charge in [-0.2, -0.15) is 0 Å². The van der Waals surface area contributed by atoms with Crippen LogP contribution in [0.5, 0.6) is 11.5 Å². The van der Waals surface area contributed by atoms with E-state index < -0.39 is 0 Å². The molecule has 2 aliphatic carbocycles. The first-order chi connectivity index (χ1) is 17.6. The molecule has 36 heavy (non-hydrogen) atoms. The van der Waals surface area contributed by atoms with Crippen LogP contribution in [0.4, 0.5) is 0 Å². The van der Waals surface area contributed by atoms with Crippen LogP contribution in [0.3, 0.4) is 0 Å². The molecule has 1 heterocycles. The molecular formula is C30H39N3O3. The van der Waals surface area contributed by atoms with Crippen LogP contribution in [0.1, 0.15) is 69.8 Å². The van der Waals surface area contributed by atoms with Crippen LogP contribution < -0.4 is 9.47 Å². The van der Waals surface area contributed by atoms with Crippen molar-refractivity contribution in [3.05, 3.63) is 42.0 Å². The fraction of sp³-hybridized carbons (Fsp3) is 0.533. The number of carbonyl (C=O) groups is 1. The summed E-state index contributed by atoms with van der Waals surface area (Å²) in [6.07, 6.45) is 12.0. The Bertz CT molecular complexity index is 1190. The second-order valence-corrected chi connectivity index (χ2v) is 10.4. The minimum atomic E-state index is 0.225. The molecule has 2 aliphatic rings. The van der Waals surface area contributed by atoms with Crippen LogP contribution in [-0.4, -0.2) is 46.7 Å². The number of aromatic nitrogens is 2. The van der Waals surface area contributed by atoms with Crippen molar-refractivity contribution < 1.29 is 14.3 Å². The highest BCUT2D eigenvalue weighted by atomic mass is 16.5. The first-order valence-corrected chi connectivity index (χ1v) is 13.6. The summed E-state index contributed by atoms with van der Waals surface area (Å²) in [5.41, 5.74) is 3.89. The fourth-order valence-electron chi connectivity index (χ4n) is 6.28. The Morgan fingerprint density at radius 1 is 0.944 bits per heavy atom. The number of hydrogen-bond acceptors (Lipinski definition) is 4. The van der Waals surface area contributed by atoms with Gasteiger partial charge in [0.2, 0.25) is 5.91 Å². The van der Waals surface area contributed by atoms with Crippen LogP contribution in [0.25, 0.3) is 22.4 Å². The molecule has 5 rings (SSSR count). The first-order valence-electron chi connectivity index (χ1n) is 13.6. The molecule has 6 heteroatoms. The molecule has 192 valence electrons. The number of fused-ring (bicyclic) bond motifs is 1. The summed E-state index contributed by atoms with van der Waals surface area (Å²) in [6.45, 7) is 2.37. The Balaban J connectivity index is 1.57. The van der Waals surface area contributed by atoms with Crippen LogP contribution in [0.15, 0.2) is 36.4 Å². The summed E-state index contributed by atoms with van der Waals surface area (Å²) in [7, 11) is 3.31. The molecule has 0 atom stereocenters. The molecule has 0 unspecified atom stereocenters. The van der Waals surface area contributed by atoms with Gasteiger partial charge in [-0.3, -0.25) is 4.79 Å². The maximum atomic E-state index is 14.2. The Morgan fingerprint density at radius 2 is 1.61 bits per heavy atom. The topological polar surface area (TPSA) is 56.6 Å². The Morgan fingerprint density at radius 3 is 2.22 bits per heavy atom. The number of nitrogens with zero attached hydrogens (tertiary/aromatic N) is 3. The van der Waals surface area contributed by atoms with Gasteiger partial charge in [0, 0.05) is 18.2 Å². The van der Waals surface area contributed by atoms with Gasteiger partial charge < -0.3 is 18.9 Å². The van der Waals surface area contributed by atoms with Crippen molar-refractivity contribution in [3.63, 3.8) is 0 Å². The number of para-hydroxylation sites is 1. The summed E-state index contributed by atoms with van der Waals surface area (Å²) in [4.78, 5) is 21.6. The van der Waals surface area contributed by atoms with Crippen molar-refractivity contribution in [3.8, 4) is 22.9 Å². The third-order valence-electron chi connectivity index (χ3n) is 8.15. The molecule has 1 aromatic heterocycles. The second-order valence-electron chi connectivity index (χ2n) is 10.4. The number of rotatable bonds is 7. The number of amides is 1. The van der Waals surface area contributed by atoms with E-state index in [0.29, 0.717) is 17.8 Å². The van der Waals surface area contributed by atoms with Crippen molar-refractivity contribution >= 4 is 16.9 Å². The highest BCUT2D eigenvalue weighted by Crippen LogP contribution is 2.36. The monoisotopic (exact) mass is 489 g/mol. The summed E-state index contributed by atoms with van der Waals surface area (Å²) >= 11 is 0. The number of methoxy groups -OCH3 is 2. The third kappa shape index (κ3) is 4.82. The van der Waals surface area contributed by atoms with E-state index in [4.69, 9.17) is 14.5 Å². The predicted molar refractivity (Wildman–Crippen MR) is 144 cm³/mol. The number of benzene rings is 2. The van der Waals surface area contributed by atoms with E-state index in [1.165, 1.54) is 38.5 Å². The van der Waals surface area contributed by atoms with E-state index in [9.17, 15) is 4.79 Å². The van der Waals surface area contributed by atoms with Crippen LogP contribution in [0, 0.1) is 6.92 Å². The average Bonchev–Trinajstić information content (AvgIpc) is 3.29. The Labute approximate surface area is 214 Å². The summed E-state index contributed by atoms with van der Waals surface area (Å²) < 4.78 is 13.3. The van der Waals surface area contributed by atoms with Gasteiger partial charge in [-0.05, 0) is 56.4 Å². The Kier molecular flexibility index (Phi) is 7.49. The molecule has 3 aromatic rings. The molecular weight excluding hydrogens is 450 g/mol. The zero-order valence-electron chi connectivity index (χ0n) is 22.0. The van der Waals surface area contributed by atoms with Crippen molar-refractivity contribution in [1.82, 2.24) is 14.5 Å². The average molecular weight is 490 g/mol. The normalized spacial score (nSPS) is 17.3. The Hall–Kier alpha value is -3.02. The van der Waals surface area contributed by atoms with Gasteiger partial charge in [0.1, 0.15) is 23.9 Å². The highest BCUT2D eigenvalue weighted by Gasteiger charge is 2.33. The number of ether oxygens (including phenoxy) is 2. The summed E-state index contributed by atoms with van der Waals surface area (Å²) in [6, 6.07) is 12.7. The van der Waals surface area contributed by atoms with Crippen LogP contribution >= 0.6 is 0 Å². The molecule has 2 aromatic carbocycles. The molecule has 0 bridgehead atoms. The van der Waals surface area contributed by atoms with Crippen molar-refractivity contribution in [2.24, 2.45) is 0 Å². The van der Waals surface area contributed by atoms with E-state index in [2.05, 4.69) is 34.6 Å². The van der Waals surface area contributed by atoms with Crippen molar-refractivity contribution in [2.45, 2.75) is 89.8 Å². The van der Waals surface area contributed by atoms with Crippen LogP contribution in [0.2, 0.25) is 0 Å². The van der Waals surface area contributed by atoms with Gasteiger partial charge in [0.15, 0.2) is 0 Å². The molecule has 0 aliphatic heterocycles. The van der Waals surface area contributed by atoms with Crippen LogP contribution in [-0.2, 0) is 11.3 Å². The van der Waals surface area contributed by atoms with Gasteiger partial charge in [0.25, 0.3) is 0 Å². The van der Waals surface area contributed by atoms with E-state index in [1.54, 1.807) is 14.2 Å². The smallest absolute Gasteiger partial charge is 0.243 e. The summed E-state index contributed by atoms with van der Waals surface area (Å²) in [5, 5.41) is 0. The van der Waals surface area contributed by atoms with E-state index in [0.717, 1.165) is 59.4 Å². The van der Waals surface area contributed by atoms with Gasteiger partial charge in [-0.1, -0.05) is 50.7 Å². The predicted octanol–water partition coefficient (Wildman–Crippen LogP) is 6.52. The zero-order chi connectivity index (χ0) is 25.1. The molecule has 0 radical (unpaired) electrons. The minimum absolute atomic E-state index is 0.225. The third-order valence-corrected chi connectivity index (χ3v) is 8.15. The highest BCUT2D eigenvalue weighted by molar-refractivity contribution is 5.87. The van der Waals surface area contributed by atoms with Crippen molar-refractivity contribution in [1.29, 1.82) is 0 Å². The standard InChI is InChI=1S/C30H39N3O3/c1-21-11-10-16-26-29(21)31-30(25-18-17-24(35-2)19-27(25)36-3)32(26)20-28(34)33(22-12-6-4-7-13-22)23-14-8-5-9-15-23/h10-11,16-19,22-23H,4-9,12-15,20H2,1-3H3. The molecule has 0 spiro atoms. The maximum Gasteiger partial charge on any atom is 0.243 e. The fourth-order valence-corrected chi connectivity index (χ4v) is 6.28. The lowest BCUT2D eigenvalue weighted by molar-refractivity contribution is -0.138. The molecule has 1 amide bonds. The molecule has 2 saturated carbocycles. The second kappa shape index (κ2) is 10.9. The lowest BCUT2D eigenvalue weighted by Gasteiger charge is -2.42. The van der Waals surface area contributed by atoms with Gasteiger partial charge in [0.05, 0.1) is 30.8 Å². The van der Waals surface area contributed by atoms with E-state index in [1.807, 2.05) is 18.2 Å². The van der Waals surface area contributed by atoms with E-state index in [-0.39, 0.29) is 12.5 Å². The van der Waals surface area contributed by atoms with Crippen molar-refractivity contribution in [2.75, 3.05) is 14.2 Å². The minimum Gasteiger partial charge on any atom is -0.497 e.